The van der Waals surface area contributed by atoms with Crippen LogP contribution < -0.4 is 0 Å². The van der Waals surface area contributed by atoms with Gasteiger partial charge >= 0.3 is 186 Å². The Kier molecular flexibility index (Phi) is 9.63. The first-order valence-electron chi connectivity index (χ1n) is 10.5. The third-order valence-electron chi connectivity index (χ3n) is 5.24. The molecule has 2 aromatic carbocycles. The molecule has 0 aromatic heterocycles. The number of rotatable bonds is 11. The van der Waals surface area contributed by atoms with Gasteiger partial charge in [0.2, 0.25) is 0 Å². The quantitative estimate of drug-likeness (QED) is 0.230. The molecule has 0 N–H and O–H groups in total. The summed E-state index contributed by atoms with van der Waals surface area (Å²) >= 11 is -2.55. The molecule has 0 saturated carbocycles. The zero-order valence-electron chi connectivity index (χ0n) is 18.4. The number of benzene rings is 2. The summed E-state index contributed by atoms with van der Waals surface area (Å²) in [6, 6.07) is 12.4. The Labute approximate surface area is 185 Å². The van der Waals surface area contributed by atoms with Gasteiger partial charge in [-0.3, -0.25) is 0 Å². The van der Waals surface area contributed by atoms with Crippen molar-refractivity contribution in [2.24, 2.45) is 0 Å². The summed E-state index contributed by atoms with van der Waals surface area (Å²) in [6.07, 6.45) is 6.32. The van der Waals surface area contributed by atoms with E-state index >= 15 is 0 Å². The van der Waals surface area contributed by atoms with Crippen molar-refractivity contribution in [2.75, 3.05) is 5.75 Å². The molecule has 0 aliphatic carbocycles. The van der Waals surface area contributed by atoms with Crippen LogP contribution in [0.3, 0.4) is 0 Å². The molecule has 0 atom stereocenters. The molecule has 0 unspecified atom stereocenters. The standard InChI is InChI=1S/C24H35IO3S/c1-6-7-8-9-10-11-16-29(26,27)28-25(23-14-12-19(2)21(4)17-23)24-15-13-20(3)22(5)18-24/h12-15,17-18H,6-11,16H2,1-5H3. The second-order valence-corrected chi connectivity index (χ2v) is 14.4. The molecule has 0 amide bonds. The monoisotopic (exact) mass is 530 g/mol. The van der Waals surface area contributed by atoms with Crippen LogP contribution in [0.5, 0.6) is 0 Å². The Morgan fingerprint density at radius 1 is 0.724 bits per heavy atom. The van der Waals surface area contributed by atoms with E-state index in [-0.39, 0.29) is 5.75 Å². The van der Waals surface area contributed by atoms with Crippen molar-refractivity contribution < 1.29 is 10.9 Å². The maximum absolute atomic E-state index is 12.8. The summed E-state index contributed by atoms with van der Waals surface area (Å²) in [5.74, 6) is 0.114. The number of aryl methyl sites for hydroxylation is 4. The van der Waals surface area contributed by atoms with Crippen molar-refractivity contribution >= 4 is 30.4 Å². The molecule has 0 spiro atoms. The van der Waals surface area contributed by atoms with Gasteiger partial charge in [-0.1, -0.05) is 0 Å². The molecule has 0 aliphatic rings. The molecule has 3 nitrogen and oxygen atoms in total. The van der Waals surface area contributed by atoms with Crippen molar-refractivity contribution in [1.82, 2.24) is 0 Å². The van der Waals surface area contributed by atoms with E-state index in [4.69, 9.17) is 2.51 Å². The van der Waals surface area contributed by atoms with E-state index in [1.807, 2.05) is 12.1 Å². The van der Waals surface area contributed by atoms with Gasteiger partial charge in [0.1, 0.15) is 0 Å². The fourth-order valence-corrected chi connectivity index (χ4v) is 10.6. The van der Waals surface area contributed by atoms with E-state index < -0.39 is 30.4 Å². The summed E-state index contributed by atoms with van der Waals surface area (Å²) in [4.78, 5) is 0. The Hall–Kier alpha value is -0.920. The average Bonchev–Trinajstić information content (AvgIpc) is 2.67. The predicted octanol–water partition coefficient (Wildman–Crippen LogP) is 7.09. The van der Waals surface area contributed by atoms with Gasteiger partial charge < -0.3 is 0 Å². The van der Waals surface area contributed by atoms with E-state index in [1.165, 1.54) is 41.5 Å². The predicted molar refractivity (Wildman–Crippen MR) is 131 cm³/mol. The van der Waals surface area contributed by atoms with Crippen LogP contribution in [0.4, 0.5) is 0 Å². The number of hydrogen-bond donors (Lipinski definition) is 0. The first kappa shape index (κ1) is 24.4. The Morgan fingerprint density at radius 2 is 1.21 bits per heavy atom. The van der Waals surface area contributed by atoms with Crippen molar-refractivity contribution in [3.63, 3.8) is 0 Å². The van der Waals surface area contributed by atoms with Gasteiger partial charge in [-0.15, -0.1) is 0 Å². The van der Waals surface area contributed by atoms with Crippen LogP contribution in [0.15, 0.2) is 36.4 Å². The number of unbranched alkanes of at least 4 members (excludes halogenated alkanes) is 5. The second kappa shape index (κ2) is 11.5. The van der Waals surface area contributed by atoms with Gasteiger partial charge in [0.05, 0.1) is 0 Å². The second-order valence-electron chi connectivity index (χ2n) is 7.80. The molecular weight excluding hydrogens is 495 g/mol. The van der Waals surface area contributed by atoms with Crippen molar-refractivity contribution in [3.8, 4) is 0 Å². The summed E-state index contributed by atoms with van der Waals surface area (Å²) < 4.78 is 33.6. The van der Waals surface area contributed by atoms with Crippen LogP contribution >= 0.6 is 20.2 Å². The fourth-order valence-electron chi connectivity index (χ4n) is 3.01. The molecule has 0 heterocycles. The SMILES string of the molecule is CCCCCCCCS(=O)(=O)OI(c1ccc(C)c(C)c1)c1ccc(C)c(C)c1. The van der Waals surface area contributed by atoms with Gasteiger partial charge in [-0.2, -0.15) is 0 Å². The molecule has 162 valence electrons. The van der Waals surface area contributed by atoms with Crippen LogP contribution in [0.2, 0.25) is 0 Å². The van der Waals surface area contributed by atoms with E-state index in [0.29, 0.717) is 6.42 Å². The molecule has 0 bridgehead atoms. The summed E-state index contributed by atoms with van der Waals surface area (Å²) in [6.45, 7) is 10.5. The minimum absolute atomic E-state index is 0.114. The summed E-state index contributed by atoms with van der Waals surface area (Å²) in [5.41, 5.74) is 4.76. The van der Waals surface area contributed by atoms with Crippen LogP contribution in [0.1, 0.15) is 67.7 Å². The van der Waals surface area contributed by atoms with Gasteiger partial charge in [-0.25, -0.2) is 0 Å². The first-order valence-corrected chi connectivity index (χ1v) is 15.1. The third kappa shape index (κ3) is 7.68. The normalized spacial score (nSPS) is 12.2. The average molecular weight is 531 g/mol. The molecule has 0 radical (unpaired) electrons. The van der Waals surface area contributed by atoms with E-state index in [2.05, 4.69) is 58.9 Å². The van der Waals surface area contributed by atoms with E-state index in [9.17, 15) is 8.42 Å². The maximum atomic E-state index is 12.8. The van der Waals surface area contributed by atoms with Crippen LogP contribution in [0.25, 0.3) is 0 Å². The zero-order valence-corrected chi connectivity index (χ0v) is 21.4. The molecule has 0 saturated heterocycles. The van der Waals surface area contributed by atoms with Crippen molar-refractivity contribution in [2.45, 2.75) is 73.1 Å². The van der Waals surface area contributed by atoms with Crippen LogP contribution in [-0.2, 0) is 12.6 Å². The summed E-state index contributed by atoms with van der Waals surface area (Å²) in [5, 5.41) is 0. The number of hydrogen-bond acceptors (Lipinski definition) is 3. The zero-order chi connectivity index (χ0) is 21.4. The van der Waals surface area contributed by atoms with Crippen LogP contribution in [0, 0.1) is 34.8 Å². The van der Waals surface area contributed by atoms with E-state index in [0.717, 1.165) is 20.0 Å². The van der Waals surface area contributed by atoms with Gasteiger partial charge in [-0.05, 0) is 0 Å². The third-order valence-corrected chi connectivity index (χ3v) is 12.7. The molecule has 2 aromatic rings. The number of halogens is 1. The van der Waals surface area contributed by atoms with Crippen LogP contribution in [-0.4, -0.2) is 14.2 Å². The topological polar surface area (TPSA) is 43.4 Å². The Morgan fingerprint density at radius 3 is 1.69 bits per heavy atom. The van der Waals surface area contributed by atoms with E-state index in [1.54, 1.807) is 0 Å². The molecular formula is C24H35IO3S. The van der Waals surface area contributed by atoms with Gasteiger partial charge in [0.25, 0.3) is 0 Å². The Balaban J connectivity index is 2.21. The molecule has 29 heavy (non-hydrogen) atoms. The molecule has 0 aliphatic heterocycles. The molecule has 0 fully saturated rings. The fraction of sp³-hybridized carbons (Fsp3) is 0.500. The van der Waals surface area contributed by atoms with Gasteiger partial charge in [0, 0.05) is 0 Å². The van der Waals surface area contributed by atoms with Crippen molar-refractivity contribution in [1.29, 1.82) is 0 Å². The molecule has 5 heteroatoms. The molecule has 2 rings (SSSR count). The van der Waals surface area contributed by atoms with Crippen molar-refractivity contribution in [3.05, 3.63) is 65.8 Å². The minimum atomic E-state index is -3.55. The van der Waals surface area contributed by atoms with Gasteiger partial charge in [0.15, 0.2) is 0 Å². The Bertz CT molecular complexity index is 855. The first-order chi connectivity index (χ1) is 13.7. The summed E-state index contributed by atoms with van der Waals surface area (Å²) in [7, 11) is -3.55.